The molecule has 12 heavy (non-hydrogen) atoms. The molecule has 1 atom stereocenters. The summed E-state index contributed by atoms with van der Waals surface area (Å²) < 4.78 is 10.9. The molecule has 0 saturated heterocycles. The van der Waals surface area contributed by atoms with Crippen LogP contribution in [0.15, 0.2) is 12.1 Å². The maximum Gasteiger partial charge on any atom is 0.497 e. The molecule has 0 amide bonds. The van der Waals surface area contributed by atoms with Gasteiger partial charge in [-0.05, 0) is 16.7 Å². The molecule has 1 nitrogen and oxygen atoms in total. The second-order valence-corrected chi connectivity index (χ2v) is 5.07. The van der Waals surface area contributed by atoms with Crippen molar-refractivity contribution >= 4 is 58.5 Å². The van der Waals surface area contributed by atoms with Gasteiger partial charge < -0.3 is 0 Å². The molecular weight excluding hydrogens is 261 g/mol. The molecule has 0 N–H and O–H groups in total. The van der Waals surface area contributed by atoms with Crippen molar-refractivity contribution in [2.75, 3.05) is 0 Å². The van der Waals surface area contributed by atoms with Gasteiger partial charge in [0.1, 0.15) is 0 Å². The predicted octanol–water partition coefficient (Wildman–Crippen LogP) is 4.25. The van der Waals surface area contributed by atoms with Gasteiger partial charge in [0.15, 0.2) is 0 Å². The summed E-state index contributed by atoms with van der Waals surface area (Å²) in [7, 11) is -2.05. The van der Waals surface area contributed by atoms with E-state index in [1.807, 2.05) is 0 Å². The average Bonchev–Trinajstić information content (AvgIpc) is 1.82. The van der Waals surface area contributed by atoms with Crippen molar-refractivity contribution in [2.24, 2.45) is 0 Å². The lowest BCUT2D eigenvalue weighted by Gasteiger charge is -1.94. The van der Waals surface area contributed by atoms with E-state index in [0.29, 0.717) is 5.02 Å². The molecule has 0 radical (unpaired) electrons. The van der Waals surface area contributed by atoms with E-state index in [0.717, 1.165) is 0 Å². The van der Waals surface area contributed by atoms with Crippen LogP contribution >= 0.6 is 53.2 Å². The van der Waals surface area contributed by atoms with Gasteiger partial charge in [-0.25, -0.2) is 0 Å². The topological polar surface area (TPSA) is 17.1 Å². The molecular formula is C6H2Cl4OP+. The van der Waals surface area contributed by atoms with Crippen LogP contribution in [0.25, 0.3) is 0 Å². The fourth-order valence-corrected chi connectivity index (χ4v) is 3.25. The van der Waals surface area contributed by atoms with Crippen LogP contribution in [0.5, 0.6) is 0 Å². The summed E-state index contributed by atoms with van der Waals surface area (Å²) in [4.78, 5) is 0. The number of hydrogen-bond acceptors (Lipinski definition) is 1. The second-order valence-electron chi connectivity index (χ2n) is 1.96. The lowest BCUT2D eigenvalue weighted by atomic mass is 10.4. The molecule has 1 aromatic rings. The molecule has 0 aromatic heterocycles. The van der Waals surface area contributed by atoms with E-state index in [9.17, 15) is 4.57 Å². The monoisotopic (exact) mass is 261 g/mol. The quantitative estimate of drug-likeness (QED) is 0.692. The molecule has 64 valence electrons. The normalized spacial score (nSPS) is 11.5. The maximum absolute atomic E-state index is 10.9. The van der Waals surface area contributed by atoms with Crippen LogP contribution in [0, 0.1) is 0 Å². The molecule has 0 heterocycles. The van der Waals surface area contributed by atoms with Gasteiger partial charge in [-0.1, -0.05) is 34.8 Å². The number of benzene rings is 1. The third-order valence-corrected chi connectivity index (χ3v) is 3.58. The van der Waals surface area contributed by atoms with E-state index in [2.05, 4.69) is 0 Å². The molecule has 0 aliphatic rings. The lowest BCUT2D eigenvalue weighted by molar-refractivity contribution is 0.600. The van der Waals surface area contributed by atoms with Crippen LogP contribution < -0.4 is 5.30 Å². The first kappa shape index (κ1) is 10.6. The molecule has 0 saturated carbocycles. The van der Waals surface area contributed by atoms with Crippen molar-refractivity contribution in [2.45, 2.75) is 0 Å². The van der Waals surface area contributed by atoms with Gasteiger partial charge in [-0.15, -0.1) is 0 Å². The molecule has 1 unspecified atom stereocenters. The molecule has 0 aliphatic carbocycles. The van der Waals surface area contributed by atoms with Gasteiger partial charge in [0.25, 0.3) is 0 Å². The van der Waals surface area contributed by atoms with E-state index in [-0.39, 0.29) is 15.3 Å². The van der Waals surface area contributed by atoms with E-state index in [1.54, 1.807) is 0 Å². The lowest BCUT2D eigenvalue weighted by Crippen LogP contribution is -1.97. The van der Waals surface area contributed by atoms with E-state index in [1.165, 1.54) is 12.1 Å². The van der Waals surface area contributed by atoms with Gasteiger partial charge >= 0.3 is 7.15 Å². The van der Waals surface area contributed by atoms with Crippen molar-refractivity contribution in [3.05, 3.63) is 27.2 Å². The van der Waals surface area contributed by atoms with Crippen molar-refractivity contribution in [3.8, 4) is 0 Å². The van der Waals surface area contributed by atoms with Crippen LogP contribution in [-0.2, 0) is 4.57 Å². The Morgan fingerprint density at radius 2 is 1.50 bits per heavy atom. The minimum absolute atomic E-state index is 0.226. The van der Waals surface area contributed by atoms with Crippen LogP contribution in [0.1, 0.15) is 0 Å². The van der Waals surface area contributed by atoms with Gasteiger partial charge in [0, 0.05) is 5.02 Å². The van der Waals surface area contributed by atoms with Crippen LogP contribution in [0.4, 0.5) is 0 Å². The number of hydrogen-bond donors (Lipinski definition) is 0. The van der Waals surface area contributed by atoms with E-state index < -0.39 is 7.15 Å². The molecule has 0 spiro atoms. The fraction of sp³-hybridized carbons (Fsp3) is 0. The Morgan fingerprint density at radius 3 is 1.83 bits per heavy atom. The first-order valence-corrected chi connectivity index (χ1v) is 6.10. The summed E-state index contributed by atoms with van der Waals surface area (Å²) in [5.74, 6) is 0. The third-order valence-electron chi connectivity index (χ3n) is 1.16. The second kappa shape index (κ2) is 4.13. The zero-order valence-electron chi connectivity index (χ0n) is 5.52. The predicted molar refractivity (Wildman–Crippen MR) is 54.6 cm³/mol. The first-order valence-electron chi connectivity index (χ1n) is 2.80. The highest BCUT2D eigenvalue weighted by atomic mass is 35.7. The third kappa shape index (κ3) is 2.25. The molecule has 1 aromatic carbocycles. The van der Waals surface area contributed by atoms with E-state index >= 15 is 0 Å². The van der Waals surface area contributed by atoms with Gasteiger partial charge in [0.2, 0.25) is 16.5 Å². The zero-order valence-corrected chi connectivity index (χ0v) is 9.44. The Hall–Kier alpha value is 0.480. The minimum Gasteiger partial charge on any atom is -0.0842 e. The number of halogens is 4. The largest absolute Gasteiger partial charge is 0.497 e. The molecule has 6 heteroatoms. The molecule has 1 rings (SSSR count). The summed E-state index contributed by atoms with van der Waals surface area (Å²) >= 11 is 22.4. The van der Waals surface area contributed by atoms with Crippen molar-refractivity contribution < 1.29 is 4.57 Å². The SMILES string of the molecule is O=[P+](Cl)c1c(Cl)cc(Cl)cc1Cl. The summed E-state index contributed by atoms with van der Waals surface area (Å²) in [6, 6.07) is 2.89. The highest BCUT2D eigenvalue weighted by molar-refractivity contribution is 7.80. The van der Waals surface area contributed by atoms with Crippen LogP contribution in [0.2, 0.25) is 15.1 Å². The van der Waals surface area contributed by atoms with Crippen molar-refractivity contribution in [3.63, 3.8) is 0 Å². The van der Waals surface area contributed by atoms with E-state index in [4.69, 9.17) is 46.0 Å². The van der Waals surface area contributed by atoms with Gasteiger partial charge in [-0.2, -0.15) is 0 Å². The van der Waals surface area contributed by atoms with Crippen LogP contribution in [-0.4, -0.2) is 0 Å². The zero-order chi connectivity index (χ0) is 9.30. The Bertz CT molecular complexity index is 315. The summed E-state index contributed by atoms with van der Waals surface area (Å²) in [6.45, 7) is 0. The van der Waals surface area contributed by atoms with Crippen molar-refractivity contribution in [1.29, 1.82) is 0 Å². The standard InChI is InChI=1S/C6H2Cl4OP/c7-3-1-4(8)6(12(10)11)5(9)2-3/h1-2H/q+1. The smallest absolute Gasteiger partial charge is 0.0842 e. The molecule has 0 aliphatic heterocycles. The number of rotatable bonds is 1. The van der Waals surface area contributed by atoms with Gasteiger partial charge in [0.05, 0.1) is 10.0 Å². The van der Waals surface area contributed by atoms with Crippen LogP contribution in [0.3, 0.4) is 0 Å². The molecule has 0 bridgehead atoms. The first-order chi connectivity index (χ1) is 5.52. The summed E-state index contributed by atoms with van der Waals surface area (Å²) in [6.07, 6.45) is 0. The Labute approximate surface area is 90.1 Å². The highest BCUT2D eigenvalue weighted by Crippen LogP contribution is 2.34. The maximum atomic E-state index is 10.9. The van der Waals surface area contributed by atoms with Crippen molar-refractivity contribution in [1.82, 2.24) is 0 Å². The Balaban J connectivity index is 3.38. The fourth-order valence-electron chi connectivity index (χ4n) is 0.703. The Kier molecular flexibility index (Phi) is 3.63. The minimum atomic E-state index is -2.05. The molecule has 0 fully saturated rings. The highest BCUT2D eigenvalue weighted by Gasteiger charge is 2.25. The Morgan fingerprint density at radius 1 is 1.08 bits per heavy atom. The summed E-state index contributed by atoms with van der Waals surface area (Å²) in [5, 5.41) is 1.08. The van der Waals surface area contributed by atoms with Gasteiger partial charge in [-0.3, -0.25) is 0 Å². The summed E-state index contributed by atoms with van der Waals surface area (Å²) in [5.41, 5.74) is 0. The average molecular weight is 263 g/mol.